The number of pyridine rings is 1. The molecule has 1 aliphatic rings. The highest BCUT2D eigenvalue weighted by molar-refractivity contribution is 5.95. The predicted molar refractivity (Wildman–Crippen MR) is 84.1 cm³/mol. The first kappa shape index (κ1) is 15.6. The number of anilines is 2. The highest BCUT2D eigenvalue weighted by Gasteiger charge is 2.64. The minimum Gasteiger partial charge on any atom is -0.462 e. The van der Waals surface area contributed by atoms with E-state index in [9.17, 15) is 4.79 Å². The fourth-order valence-electron chi connectivity index (χ4n) is 3.00. The molecular formula is C16H25N3O2. The lowest BCUT2D eigenvalue weighted by molar-refractivity contribution is 0.0527. The van der Waals surface area contributed by atoms with Crippen LogP contribution in [-0.4, -0.2) is 24.1 Å². The fraction of sp³-hybridized carbons (Fsp3) is 0.625. The molecule has 1 saturated carbocycles. The summed E-state index contributed by atoms with van der Waals surface area (Å²) in [4.78, 5) is 16.0. The SMILES string of the molecule is CCOC(=O)c1cc(NCC2C(C)(C)C2(C)C)ncc1N. The van der Waals surface area contributed by atoms with Gasteiger partial charge in [0.25, 0.3) is 0 Å². The van der Waals surface area contributed by atoms with E-state index >= 15 is 0 Å². The molecule has 0 spiro atoms. The number of nitrogens with one attached hydrogen (secondary N) is 1. The normalized spacial score (nSPS) is 19.1. The molecule has 1 aromatic heterocycles. The molecule has 0 bridgehead atoms. The molecule has 2 rings (SSSR count). The number of rotatable bonds is 5. The van der Waals surface area contributed by atoms with Gasteiger partial charge in [-0.15, -0.1) is 0 Å². The molecule has 1 aromatic rings. The van der Waals surface area contributed by atoms with Gasteiger partial charge in [0.2, 0.25) is 0 Å². The average Bonchev–Trinajstić information content (AvgIpc) is 2.79. The van der Waals surface area contributed by atoms with Crippen molar-refractivity contribution in [1.29, 1.82) is 0 Å². The molecule has 1 heterocycles. The molecule has 1 aliphatic carbocycles. The Hall–Kier alpha value is -1.78. The summed E-state index contributed by atoms with van der Waals surface area (Å²) in [6, 6.07) is 1.66. The number of carbonyl (C=O) groups excluding carboxylic acids is 1. The van der Waals surface area contributed by atoms with E-state index in [1.165, 1.54) is 6.20 Å². The Labute approximate surface area is 126 Å². The molecule has 5 nitrogen and oxygen atoms in total. The zero-order valence-electron chi connectivity index (χ0n) is 13.5. The minimum absolute atomic E-state index is 0.317. The Bertz CT molecular complexity index is 538. The number of nitrogens with zero attached hydrogens (tertiary/aromatic N) is 1. The first-order chi connectivity index (χ1) is 9.71. The van der Waals surface area contributed by atoms with Gasteiger partial charge in [0.1, 0.15) is 5.82 Å². The van der Waals surface area contributed by atoms with Gasteiger partial charge in [0.15, 0.2) is 0 Å². The van der Waals surface area contributed by atoms with Crippen LogP contribution in [0.4, 0.5) is 11.5 Å². The van der Waals surface area contributed by atoms with Gasteiger partial charge in [-0.2, -0.15) is 0 Å². The molecule has 0 aliphatic heterocycles. The maximum Gasteiger partial charge on any atom is 0.340 e. The Balaban J connectivity index is 2.05. The van der Waals surface area contributed by atoms with Gasteiger partial charge in [-0.25, -0.2) is 9.78 Å². The van der Waals surface area contributed by atoms with Gasteiger partial charge in [-0.3, -0.25) is 0 Å². The second-order valence-electron chi connectivity index (χ2n) is 6.75. The van der Waals surface area contributed by atoms with Crippen molar-refractivity contribution in [2.24, 2.45) is 16.7 Å². The molecule has 0 saturated heterocycles. The first-order valence-electron chi connectivity index (χ1n) is 7.38. The summed E-state index contributed by atoms with van der Waals surface area (Å²) in [6.07, 6.45) is 1.50. The van der Waals surface area contributed by atoms with Gasteiger partial charge >= 0.3 is 5.97 Å². The molecule has 0 aromatic carbocycles. The number of esters is 1. The van der Waals surface area contributed by atoms with Crippen LogP contribution in [0.5, 0.6) is 0 Å². The van der Waals surface area contributed by atoms with Crippen molar-refractivity contribution >= 4 is 17.5 Å². The van der Waals surface area contributed by atoms with Crippen LogP contribution in [0.3, 0.4) is 0 Å². The molecule has 3 N–H and O–H groups in total. The van der Waals surface area contributed by atoms with Crippen LogP contribution in [0.1, 0.15) is 45.0 Å². The van der Waals surface area contributed by atoms with Crippen molar-refractivity contribution < 1.29 is 9.53 Å². The molecule has 5 heteroatoms. The summed E-state index contributed by atoms with van der Waals surface area (Å²) in [7, 11) is 0. The summed E-state index contributed by atoms with van der Waals surface area (Å²) >= 11 is 0. The lowest BCUT2D eigenvalue weighted by Crippen LogP contribution is -2.12. The molecule has 116 valence electrons. The third-order valence-corrected chi connectivity index (χ3v) is 5.24. The zero-order valence-corrected chi connectivity index (χ0v) is 13.5. The standard InChI is InChI=1S/C16H25N3O2/c1-6-21-14(20)10-7-13(18-8-11(10)17)19-9-12-15(2,3)16(12,4)5/h7-8,12H,6,9,17H2,1-5H3,(H,18,19). The topological polar surface area (TPSA) is 77.2 Å². The summed E-state index contributed by atoms with van der Waals surface area (Å²) in [6.45, 7) is 12.0. The molecule has 0 atom stereocenters. The van der Waals surface area contributed by atoms with E-state index < -0.39 is 5.97 Å². The number of nitrogen functional groups attached to an aromatic ring is 1. The number of ether oxygens (including phenoxy) is 1. The third kappa shape index (κ3) is 2.69. The lowest BCUT2D eigenvalue weighted by Gasteiger charge is -2.10. The average molecular weight is 291 g/mol. The lowest BCUT2D eigenvalue weighted by atomic mass is 10.0. The maximum atomic E-state index is 11.8. The van der Waals surface area contributed by atoms with E-state index in [-0.39, 0.29) is 0 Å². The Morgan fingerprint density at radius 2 is 2.00 bits per heavy atom. The quantitative estimate of drug-likeness (QED) is 0.816. The molecular weight excluding hydrogens is 266 g/mol. The maximum absolute atomic E-state index is 11.8. The monoisotopic (exact) mass is 291 g/mol. The molecule has 0 radical (unpaired) electrons. The molecule has 0 amide bonds. The number of aromatic nitrogens is 1. The highest BCUT2D eigenvalue weighted by Crippen LogP contribution is 2.68. The molecule has 21 heavy (non-hydrogen) atoms. The summed E-state index contributed by atoms with van der Waals surface area (Å²) in [5, 5.41) is 3.31. The predicted octanol–water partition coefficient (Wildman–Crippen LogP) is 2.93. The Kier molecular flexibility index (Phi) is 3.87. The van der Waals surface area contributed by atoms with Gasteiger partial charge < -0.3 is 15.8 Å². The van der Waals surface area contributed by atoms with Crippen molar-refractivity contribution in [2.45, 2.75) is 34.6 Å². The summed E-state index contributed by atoms with van der Waals surface area (Å²) in [5.41, 5.74) is 7.12. The van der Waals surface area contributed by atoms with Crippen LogP contribution in [0.15, 0.2) is 12.3 Å². The van der Waals surface area contributed by atoms with Crippen molar-refractivity contribution in [3.63, 3.8) is 0 Å². The van der Waals surface area contributed by atoms with Gasteiger partial charge in [-0.05, 0) is 29.7 Å². The highest BCUT2D eigenvalue weighted by atomic mass is 16.5. The van der Waals surface area contributed by atoms with Crippen LogP contribution in [0.2, 0.25) is 0 Å². The molecule has 0 unspecified atom stereocenters. The summed E-state index contributed by atoms with van der Waals surface area (Å²) < 4.78 is 4.99. The third-order valence-electron chi connectivity index (χ3n) is 5.24. The van der Waals surface area contributed by atoms with E-state index in [0.717, 1.165) is 6.54 Å². The molecule has 1 fully saturated rings. The van der Waals surface area contributed by atoms with Crippen molar-refractivity contribution in [1.82, 2.24) is 4.98 Å². The summed E-state index contributed by atoms with van der Waals surface area (Å²) in [5.74, 6) is 0.827. The van der Waals surface area contributed by atoms with Crippen LogP contribution in [0, 0.1) is 16.7 Å². The number of hydrogen-bond donors (Lipinski definition) is 2. The smallest absolute Gasteiger partial charge is 0.340 e. The van der Waals surface area contributed by atoms with Crippen molar-refractivity contribution in [2.75, 3.05) is 24.2 Å². The van der Waals surface area contributed by atoms with Gasteiger partial charge in [0, 0.05) is 6.54 Å². The van der Waals surface area contributed by atoms with Gasteiger partial charge in [-0.1, -0.05) is 27.7 Å². The van der Waals surface area contributed by atoms with E-state index in [0.29, 0.717) is 40.4 Å². The van der Waals surface area contributed by atoms with Crippen molar-refractivity contribution in [3.05, 3.63) is 17.8 Å². The second kappa shape index (κ2) is 5.20. The number of hydrogen-bond acceptors (Lipinski definition) is 5. The van der Waals surface area contributed by atoms with Gasteiger partial charge in [0.05, 0.1) is 24.1 Å². The Morgan fingerprint density at radius 1 is 1.38 bits per heavy atom. The van der Waals surface area contributed by atoms with E-state index in [1.54, 1.807) is 13.0 Å². The van der Waals surface area contributed by atoms with E-state index in [2.05, 4.69) is 38.0 Å². The van der Waals surface area contributed by atoms with E-state index in [1.807, 2.05) is 0 Å². The van der Waals surface area contributed by atoms with Crippen LogP contribution >= 0.6 is 0 Å². The Morgan fingerprint density at radius 3 is 2.52 bits per heavy atom. The first-order valence-corrected chi connectivity index (χ1v) is 7.38. The number of nitrogens with two attached hydrogens (primary N) is 1. The van der Waals surface area contributed by atoms with Crippen molar-refractivity contribution in [3.8, 4) is 0 Å². The largest absolute Gasteiger partial charge is 0.462 e. The van der Waals surface area contributed by atoms with Crippen LogP contribution in [-0.2, 0) is 4.74 Å². The second-order valence-corrected chi connectivity index (χ2v) is 6.75. The zero-order chi connectivity index (χ0) is 15.8. The fourth-order valence-corrected chi connectivity index (χ4v) is 3.00. The van der Waals surface area contributed by atoms with Crippen LogP contribution < -0.4 is 11.1 Å². The minimum atomic E-state index is -0.410. The van der Waals surface area contributed by atoms with E-state index in [4.69, 9.17) is 10.5 Å². The van der Waals surface area contributed by atoms with Crippen LogP contribution in [0.25, 0.3) is 0 Å². The number of carbonyl (C=O) groups is 1.